The molecule has 5 heteroatoms. The summed E-state index contributed by atoms with van der Waals surface area (Å²) in [6.45, 7) is 1.68. The van der Waals surface area contributed by atoms with Crippen LogP contribution in [0, 0.1) is 5.92 Å². The molecule has 0 aromatic carbocycles. The van der Waals surface area contributed by atoms with Gasteiger partial charge < -0.3 is 10.8 Å². The number of carbonyl (C=O) groups is 1. The Morgan fingerprint density at radius 2 is 2.43 bits per heavy atom. The first kappa shape index (κ1) is 10.8. The fourth-order valence-corrected chi connectivity index (χ4v) is 1.65. The third-order valence-electron chi connectivity index (χ3n) is 1.68. The first-order chi connectivity index (χ1) is 6.59. The Bertz CT molecular complexity index is 313. The summed E-state index contributed by atoms with van der Waals surface area (Å²) in [7, 11) is 0. The number of aliphatic carboxylic acids is 1. The van der Waals surface area contributed by atoms with Crippen LogP contribution in [0.5, 0.6) is 0 Å². The molecule has 0 aliphatic rings. The Kier molecular flexibility index (Phi) is 3.76. The molecule has 0 aliphatic carbocycles. The van der Waals surface area contributed by atoms with Crippen LogP contribution < -0.4 is 5.73 Å². The van der Waals surface area contributed by atoms with Gasteiger partial charge in [-0.2, -0.15) is 0 Å². The summed E-state index contributed by atoms with van der Waals surface area (Å²) in [6, 6.07) is 3.54. The quantitative estimate of drug-likeness (QED) is 0.739. The highest BCUT2D eigenvalue weighted by atomic mass is 32.2. The molecule has 1 atom stereocenters. The lowest BCUT2D eigenvalue weighted by atomic mass is 10.2. The van der Waals surface area contributed by atoms with Crippen molar-refractivity contribution >= 4 is 23.5 Å². The Morgan fingerprint density at radius 3 is 2.93 bits per heavy atom. The van der Waals surface area contributed by atoms with E-state index >= 15 is 0 Å². The zero-order valence-electron chi connectivity index (χ0n) is 7.80. The highest BCUT2D eigenvalue weighted by molar-refractivity contribution is 7.99. The predicted molar refractivity (Wildman–Crippen MR) is 56.2 cm³/mol. The van der Waals surface area contributed by atoms with Gasteiger partial charge in [-0.05, 0) is 12.1 Å². The van der Waals surface area contributed by atoms with Crippen molar-refractivity contribution in [1.29, 1.82) is 0 Å². The number of hydrogen-bond acceptors (Lipinski definition) is 4. The van der Waals surface area contributed by atoms with Gasteiger partial charge >= 0.3 is 5.97 Å². The molecule has 14 heavy (non-hydrogen) atoms. The second-order valence-electron chi connectivity index (χ2n) is 2.97. The molecule has 3 N–H and O–H groups in total. The van der Waals surface area contributed by atoms with Crippen molar-refractivity contribution in [3.8, 4) is 0 Å². The standard InChI is InChI=1S/C9H12N2O2S/c1-6(9(12)13)5-14-7-2-3-8(10)11-4-7/h2-4,6H,5H2,1H3,(H2,10,11)(H,12,13). The molecule has 1 aromatic rings. The molecule has 0 radical (unpaired) electrons. The molecule has 0 bridgehead atoms. The lowest BCUT2D eigenvalue weighted by Crippen LogP contribution is -2.11. The number of carboxylic acids is 1. The molecule has 0 saturated carbocycles. The van der Waals surface area contributed by atoms with Gasteiger partial charge in [0.05, 0.1) is 5.92 Å². The average Bonchev–Trinajstić information content (AvgIpc) is 2.16. The minimum atomic E-state index is -0.777. The van der Waals surface area contributed by atoms with Gasteiger partial charge in [0.15, 0.2) is 0 Å². The SMILES string of the molecule is CC(CSc1ccc(N)nc1)C(=O)O. The van der Waals surface area contributed by atoms with E-state index in [0.717, 1.165) is 4.90 Å². The van der Waals surface area contributed by atoms with E-state index in [-0.39, 0.29) is 5.92 Å². The Morgan fingerprint density at radius 1 is 1.71 bits per heavy atom. The van der Waals surface area contributed by atoms with Gasteiger partial charge in [0.2, 0.25) is 0 Å². The van der Waals surface area contributed by atoms with Gasteiger partial charge in [0.1, 0.15) is 5.82 Å². The maximum absolute atomic E-state index is 10.5. The molecule has 1 aromatic heterocycles. The lowest BCUT2D eigenvalue weighted by Gasteiger charge is -2.05. The number of pyridine rings is 1. The van der Waals surface area contributed by atoms with Gasteiger partial charge in [0.25, 0.3) is 0 Å². The number of hydrogen-bond donors (Lipinski definition) is 2. The summed E-state index contributed by atoms with van der Waals surface area (Å²) in [5, 5.41) is 8.66. The molecule has 0 amide bonds. The zero-order chi connectivity index (χ0) is 10.6. The van der Waals surface area contributed by atoms with Gasteiger partial charge in [-0.1, -0.05) is 6.92 Å². The van der Waals surface area contributed by atoms with E-state index in [1.807, 2.05) is 6.07 Å². The Labute approximate surface area is 86.5 Å². The third kappa shape index (κ3) is 3.26. The highest BCUT2D eigenvalue weighted by Crippen LogP contribution is 2.20. The van der Waals surface area contributed by atoms with Gasteiger partial charge in [-0.3, -0.25) is 4.79 Å². The number of nitrogens with two attached hydrogens (primary N) is 1. The van der Waals surface area contributed by atoms with Crippen molar-refractivity contribution in [3.63, 3.8) is 0 Å². The van der Waals surface area contributed by atoms with E-state index in [0.29, 0.717) is 11.6 Å². The molecule has 4 nitrogen and oxygen atoms in total. The Hall–Kier alpha value is -1.23. The van der Waals surface area contributed by atoms with Crippen molar-refractivity contribution in [1.82, 2.24) is 4.98 Å². The number of aromatic nitrogens is 1. The van der Waals surface area contributed by atoms with Crippen LogP contribution in [0.15, 0.2) is 23.2 Å². The number of nitrogens with zero attached hydrogens (tertiary/aromatic N) is 1. The fourth-order valence-electron chi connectivity index (χ4n) is 0.770. The second kappa shape index (κ2) is 4.85. The number of thioether (sulfide) groups is 1. The molecule has 0 saturated heterocycles. The van der Waals surface area contributed by atoms with E-state index < -0.39 is 5.97 Å². The van der Waals surface area contributed by atoms with E-state index in [1.165, 1.54) is 11.8 Å². The molecule has 0 fully saturated rings. The molecular formula is C9H12N2O2S. The molecule has 0 aliphatic heterocycles. The summed E-state index contributed by atoms with van der Waals surface area (Å²) >= 11 is 1.47. The normalized spacial score (nSPS) is 12.4. The molecule has 1 rings (SSSR count). The molecule has 76 valence electrons. The zero-order valence-corrected chi connectivity index (χ0v) is 8.62. The maximum atomic E-state index is 10.5. The second-order valence-corrected chi connectivity index (χ2v) is 4.06. The van der Waals surface area contributed by atoms with Gasteiger partial charge in [-0.15, -0.1) is 11.8 Å². The van der Waals surface area contributed by atoms with Crippen LogP contribution in [0.1, 0.15) is 6.92 Å². The number of nitrogen functional groups attached to an aromatic ring is 1. The van der Waals surface area contributed by atoms with Gasteiger partial charge in [0, 0.05) is 16.8 Å². The molecule has 1 heterocycles. The van der Waals surface area contributed by atoms with Crippen LogP contribution >= 0.6 is 11.8 Å². The average molecular weight is 212 g/mol. The van der Waals surface area contributed by atoms with Crippen LogP contribution in [-0.4, -0.2) is 21.8 Å². The van der Waals surface area contributed by atoms with Crippen LogP contribution in [0.3, 0.4) is 0 Å². The Balaban J connectivity index is 2.46. The van der Waals surface area contributed by atoms with Crippen LogP contribution in [0.4, 0.5) is 5.82 Å². The third-order valence-corrected chi connectivity index (χ3v) is 2.92. The highest BCUT2D eigenvalue weighted by Gasteiger charge is 2.10. The minimum Gasteiger partial charge on any atom is -0.481 e. The fraction of sp³-hybridized carbons (Fsp3) is 0.333. The monoisotopic (exact) mass is 212 g/mol. The van der Waals surface area contributed by atoms with E-state index in [9.17, 15) is 4.79 Å². The predicted octanol–water partition coefficient (Wildman–Crippen LogP) is 1.48. The summed E-state index contributed by atoms with van der Waals surface area (Å²) in [4.78, 5) is 15.4. The summed E-state index contributed by atoms with van der Waals surface area (Å²) in [5.41, 5.74) is 5.42. The van der Waals surface area contributed by atoms with Crippen LogP contribution in [0.25, 0.3) is 0 Å². The first-order valence-corrected chi connectivity index (χ1v) is 5.15. The summed E-state index contributed by atoms with van der Waals surface area (Å²) < 4.78 is 0. The minimum absolute atomic E-state index is 0.349. The van der Waals surface area contributed by atoms with E-state index in [2.05, 4.69) is 4.98 Å². The first-order valence-electron chi connectivity index (χ1n) is 4.16. The van der Waals surface area contributed by atoms with Crippen molar-refractivity contribution in [2.45, 2.75) is 11.8 Å². The van der Waals surface area contributed by atoms with Crippen molar-refractivity contribution in [2.24, 2.45) is 5.92 Å². The van der Waals surface area contributed by atoms with Crippen molar-refractivity contribution < 1.29 is 9.90 Å². The largest absolute Gasteiger partial charge is 0.481 e. The molecular weight excluding hydrogens is 200 g/mol. The number of rotatable bonds is 4. The molecule has 0 spiro atoms. The smallest absolute Gasteiger partial charge is 0.307 e. The summed E-state index contributed by atoms with van der Waals surface area (Å²) in [6.07, 6.45) is 1.65. The van der Waals surface area contributed by atoms with Crippen molar-refractivity contribution in [2.75, 3.05) is 11.5 Å². The van der Waals surface area contributed by atoms with Crippen molar-refractivity contribution in [3.05, 3.63) is 18.3 Å². The van der Waals surface area contributed by atoms with Gasteiger partial charge in [-0.25, -0.2) is 4.98 Å². The number of carboxylic acid groups (broad SMARTS) is 1. The summed E-state index contributed by atoms with van der Waals surface area (Å²) in [5.74, 6) is -0.111. The lowest BCUT2D eigenvalue weighted by molar-refractivity contribution is -0.140. The molecule has 1 unspecified atom stereocenters. The van der Waals surface area contributed by atoms with E-state index in [4.69, 9.17) is 10.8 Å². The van der Waals surface area contributed by atoms with E-state index in [1.54, 1.807) is 19.2 Å². The number of anilines is 1. The van der Waals surface area contributed by atoms with Crippen LogP contribution in [-0.2, 0) is 4.79 Å². The maximum Gasteiger partial charge on any atom is 0.307 e. The topological polar surface area (TPSA) is 76.2 Å². The van der Waals surface area contributed by atoms with Crippen LogP contribution in [0.2, 0.25) is 0 Å².